The molecular weight excluding hydrogens is 287 g/mol. The van der Waals surface area contributed by atoms with Crippen molar-refractivity contribution >= 4 is 21.6 Å². The first-order valence-corrected chi connectivity index (χ1v) is 7.53. The van der Waals surface area contributed by atoms with Gasteiger partial charge < -0.3 is 4.98 Å². The van der Waals surface area contributed by atoms with E-state index in [0.29, 0.717) is 15.8 Å². The summed E-state index contributed by atoms with van der Waals surface area (Å²) in [7, 11) is 0. The number of H-pyrrole nitrogens is 1. The van der Waals surface area contributed by atoms with Crippen LogP contribution in [0.25, 0.3) is 21.6 Å². The maximum atomic E-state index is 13.8. The summed E-state index contributed by atoms with van der Waals surface area (Å²) in [4.78, 5) is 20.2. The molecule has 5 heteroatoms. The smallest absolute Gasteiger partial charge is 0.260 e. The van der Waals surface area contributed by atoms with Crippen LogP contribution in [0.4, 0.5) is 4.39 Å². The maximum absolute atomic E-state index is 13.8. The number of hydrogen-bond donors (Lipinski definition) is 1. The predicted octanol–water partition coefficient (Wildman–Crippen LogP) is 4.09. The van der Waals surface area contributed by atoms with Gasteiger partial charge in [-0.05, 0) is 28.5 Å². The molecule has 1 aromatic carbocycles. The summed E-state index contributed by atoms with van der Waals surface area (Å²) in [6.45, 7) is 6.16. The number of aromatic amines is 1. The number of benzene rings is 1. The molecule has 3 aromatic rings. The molecule has 0 amide bonds. The highest BCUT2D eigenvalue weighted by atomic mass is 32.1. The molecule has 1 N–H and O–H groups in total. The van der Waals surface area contributed by atoms with E-state index in [1.54, 1.807) is 18.2 Å². The van der Waals surface area contributed by atoms with E-state index in [2.05, 4.69) is 30.7 Å². The van der Waals surface area contributed by atoms with E-state index >= 15 is 0 Å². The number of thiophene rings is 1. The van der Waals surface area contributed by atoms with Crippen LogP contribution in [-0.2, 0) is 5.41 Å². The van der Waals surface area contributed by atoms with Gasteiger partial charge >= 0.3 is 0 Å². The van der Waals surface area contributed by atoms with Gasteiger partial charge in [-0.3, -0.25) is 4.79 Å². The highest BCUT2D eigenvalue weighted by Crippen LogP contribution is 2.32. The van der Waals surface area contributed by atoms with Crippen molar-refractivity contribution in [2.75, 3.05) is 0 Å². The molecule has 3 nitrogen and oxygen atoms in total. The van der Waals surface area contributed by atoms with E-state index in [1.807, 2.05) is 5.38 Å². The zero-order valence-electron chi connectivity index (χ0n) is 12.0. The van der Waals surface area contributed by atoms with Crippen LogP contribution in [0.1, 0.15) is 26.3 Å². The second kappa shape index (κ2) is 4.77. The Hall–Kier alpha value is -2.01. The molecule has 2 aromatic heterocycles. The van der Waals surface area contributed by atoms with Gasteiger partial charge in [0, 0.05) is 0 Å². The first kappa shape index (κ1) is 13.9. The Morgan fingerprint density at radius 3 is 2.62 bits per heavy atom. The lowest BCUT2D eigenvalue weighted by Crippen LogP contribution is -2.16. The number of aromatic nitrogens is 2. The average Bonchev–Trinajstić information content (AvgIpc) is 2.83. The number of rotatable bonds is 1. The van der Waals surface area contributed by atoms with Crippen LogP contribution in [0.5, 0.6) is 0 Å². The standard InChI is InChI=1S/C16H15FN2OS/c1-16(2,3)10-8-21-15-12(10)14(20)18-13(19-15)9-6-4-5-7-11(9)17/h4-8H,1-3H3,(H,18,19,20). The average molecular weight is 302 g/mol. The Labute approximate surface area is 125 Å². The molecule has 0 aliphatic heterocycles. The Bertz CT molecular complexity index is 874. The second-order valence-corrected chi connectivity index (χ2v) is 6.83. The topological polar surface area (TPSA) is 45.8 Å². The summed E-state index contributed by atoms with van der Waals surface area (Å²) in [6, 6.07) is 6.29. The number of hydrogen-bond acceptors (Lipinski definition) is 3. The molecule has 0 atom stereocenters. The van der Waals surface area contributed by atoms with Crippen molar-refractivity contribution in [1.82, 2.24) is 9.97 Å². The van der Waals surface area contributed by atoms with Crippen LogP contribution in [0.15, 0.2) is 34.4 Å². The Morgan fingerprint density at radius 2 is 1.95 bits per heavy atom. The zero-order chi connectivity index (χ0) is 15.2. The van der Waals surface area contributed by atoms with Crippen molar-refractivity contribution in [3.63, 3.8) is 0 Å². The summed E-state index contributed by atoms with van der Waals surface area (Å²) >= 11 is 1.42. The summed E-state index contributed by atoms with van der Waals surface area (Å²) in [6.07, 6.45) is 0. The minimum Gasteiger partial charge on any atom is -0.306 e. The van der Waals surface area contributed by atoms with Crippen LogP contribution in [0.3, 0.4) is 0 Å². The Morgan fingerprint density at radius 1 is 1.24 bits per heavy atom. The lowest BCUT2D eigenvalue weighted by atomic mass is 9.87. The minimum atomic E-state index is -0.396. The monoisotopic (exact) mass is 302 g/mol. The van der Waals surface area contributed by atoms with Crippen LogP contribution >= 0.6 is 11.3 Å². The third kappa shape index (κ3) is 2.38. The molecule has 0 bridgehead atoms. The maximum Gasteiger partial charge on any atom is 0.260 e. The molecule has 0 radical (unpaired) electrons. The van der Waals surface area contributed by atoms with Crippen LogP contribution in [0.2, 0.25) is 0 Å². The molecule has 0 aliphatic rings. The van der Waals surface area contributed by atoms with Gasteiger partial charge in [0.25, 0.3) is 5.56 Å². The van der Waals surface area contributed by atoms with E-state index in [-0.39, 0.29) is 16.8 Å². The summed E-state index contributed by atoms with van der Waals surface area (Å²) in [5.41, 5.74) is 0.926. The van der Waals surface area contributed by atoms with Crippen molar-refractivity contribution in [3.8, 4) is 11.4 Å². The third-order valence-corrected chi connectivity index (χ3v) is 4.25. The van der Waals surface area contributed by atoms with Gasteiger partial charge in [-0.2, -0.15) is 0 Å². The molecule has 0 spiro atoms. The highest BCUT2D eigenvalue weighted by molar-refractivity contribution is 7.16. The van der Waals surface area contributed by atoms with Gasteiger partial charge in [-0.25, -0.2) is 9.37 Å². The van der Waals surface area contributed by atoms with E-state index in [9.17, 15) is 9.18 Å². The van der Waals surface area contributed by atoms with Crippen molar-refractivity contribution in [2.45, 2.75) is 26.2 Å². The molecule has 21 heavy (non-hydrogen) atoms. The van der Waals surface area contributed by atoms with Crippen molar-refractivity contribution in [1.29, 1.82) is 0 Å². The summed E-state index contributed by atoms with van der Waals surface area (Å²) < 4.78 is 13.8. The minimum absolute atomic E-state index is 0.132. The van der Waals surface area contributed by atoms with Crippen molar-refractivity contribution < 1.29 is 4.39 Å². The van der Waals surface area contributed by atoms with E-state index in [0.717, 1.165) is 5.56 Å². The van der Waals surface area contributed by atoms with Crippen LogP contribution < -0.4 is 5.56 Å². The van der Waals surface area contributed by atoms with Gasteiger partial charge in [-0.1, -0.05) is 32.9 Å². The lowest BCUT2D eigenvalue weighted by molar-refractivity contribution is 0.597. The number of nitrogens with one attached hydrogen (secondary N) is 1. The fourth-order valence-electron chi connectivity index (χ4n) is 2.28. The van der Waals surface area contributed by atoms with Gasteiger partial charge in [0.05, 0.1) is 10.9 Å². The van der Waals surface area contributed by atoms with Gasteiger partial charge in [0.2, 0.25) is 0 Å². The summed E-state index contributed by atoms with van der Waals surface area (Å²) in [5.74, 6) is -0.125. The first-order chi connectivity index (χ1) is 9.88. The number of nitrogens with zero attached hydrogens (tertiary/aromatic N) is 1. The molecule has 2 heterocycles. The van der Waals surface area contributed by atoms with Crippen LogP contribution in [-0.4, -0.2) is 9.97 Å². The van der Waals surface area contributed by atoms with Crippen molar-refractivity contribution in [2.24, 2.45) is 0 Å². The normalized spacial score (nSPS) is 12.0. The van der Waals surface area contributed by atoms with Gasteiger partial charge in [-0.15, -0.1) is 11.3 Å². The molecule has 0 unspecified atom stereocenters. The quantitative estimate of drug-likeness (QED) is 0.736. The zero-order valence-corrected chi connectivity index (χ0v) is 12.8. The fraction of sp³-hybridized carbons (Fsp3) is 0.250. The molecule has 108 valence electrons. The van der Waals surface area contributed by atoms with Crippen molar-refractivity contribution in [3.05, 3.63) is 51.4 Å². The van der Waals surface area contributed by atoms with E-state index in [1.165, 1.54) is 17.4 Å². The molecule has 3 rings (SSSR count). The Kier molecular flexibility index (Phi) is 3.17. The molecule has 0 fully saturated rings. The lowest BCUT2D eigenvalue weighted by Gasteiger charge is -2.17. The van der Waals surface area contributed by atoms with E-state index in [4.69, 9.17) is 0 Å². The highest BCUT2D eigenvalue weighted by Gasteiger charge is 2.22. The number of fused-ring (bicyclic) bond motifs is 1. The molecule has 0 aliphatic carbocycles. The van der Waals surface area contributed by atoms with E-state index < -0.39 is 5.82 Å². The molecule has 0 saturated carbocycles. The predicted molar refractivity (Wildman–Crippen MR) is 84.3 cm³/mol. The SMILES string of the molecule is CC(C)(C)c1csc2nc(-c3ccccc3F)[nH]c(=O)c12. The number of halogens is 1. The first-order valence-electron chi connectivity index (χ1n) is 6.65. The largest absolute Gasteiger partial charge is 0.306 e. The third-order valence-electron chi connectivity index (χ3n) is 3.38. The Balaban J connectivity index is 2.28. The molecular formula is C16H15FN2OS. The fourth-order valence-corrected chi connectivity index (χ4v) is 3.45. The van der Waals surface area contributed by atoms with Gasteiger partial charge in [0.1, 0.15) is 16.5 Å². The van der Waals surface area contributed by atoms with Gasteiger partial charge in [0.15, 0.2) is 0 Å². The second-order valence-electron chi connectivity index (χ2n) is 5.97. The molecule has 0 saturated heterocycles. The van der Waals surface area contributed by atoms with Crippen LogP contribution in [0, 0.1) is 5.82 Å². The summed E-state index contributed by atoms with van der Waals surface area (Å²) in [5, 5.41) is 2.56.